The van der Waals surface area contributed by atoms with Gasteiger partial charge >= 0.3 is 0 Å². The van der Waals surface area contributed by atoms with E-state index in [0.717, 1.165) is 4.90 Å². The zero-order valence-electron chi connectivity index (χ0n) is 7.87. The Balaban J connectivity index is 2.11. The molecule has 2 aromatic rings. The van der Waals surface area contributed by atoms with Crippen molar-refractivity contribution in [1.82, 2.24) is 4.98 Å². The van der Waals surface area contributed by atoms with E-state index in [1.807, 2.05) is 0 Å². The second kappa shape index (κ2) is 4.70. The van der Waals surface area contributed by atoms with Gasteiger partial charge < -0.3 is 4.42 Å². The zero-order chi connectivity index (χ0) is 10.5. The summed E-state index contributed by atoms with van der Waals surface area (Å²) in [5.41, 5.74) is 0. The van der Waals surface area contributed by atoms with Gasteiger partial charge in [-0.25, -0.2) is 4.21 Å². The Kier molecular flexibility index (Phi) is 3.09. The monoisotopic (exact) mass is 219 g/mol. The van der Waals surface area contributed by atoms with Gasteiger partial charge in [-0.15, -0.1) is 0 Å². The van der Waals surface area contributed by atoms with Crippen molar-refractivity contribution in [3.8, 4) is 0 Å². The van der Waals surface area contributed by atoms with Crippen molar-refractivity contribution in [2.75, 3.05) is 0 Å². The molecule has 2 aromatic heterocycles. The molecule has 0 amide bonds. The van der Waals surface area contributed by atoms with Gasteiger partial charge in [0.05, 0.1) is 17.1 Å². The zero-order valence-corrected chi connectivity index (χ0v) is 8.68. The van der Waals surface area contributed by atoms with Crippen LogP contribution in [0.3, 0.4) is 0 Å². The lowest BCUT2D eigenvalue weighted by Crippen LogP contribution is -1.85. The minimum Gasteiger partial charge on any atom is -0.465 e. The van der Waals surface area contributed by atoms with Crippen LogP contribution in [0.25, 0.3) is 6.08 Å². The van der Waals surface area contributed by atoms with Gasteiger partial charge in [-0.2, -0.15) is 0 Å². The van der Waals surface area contributed by atoms with Crippen molar-refractivity contribution in [2.24, 2.45) is 0 Å². The average molecular weight is 219 g/mol. The van der Waals surface area contributed by atoms with Gasteiger partial charge in [-0.3, -0.25) is 4.98 Å². The van der Waals surface area contributed by atoms with Crippen LogP contribution in [-0.4, -0.2) is 9.19 Å². The predicted molar refractivity (Wildman–Crippen MR) is 58.4 cm³/mol. The third-order valence-corrected chi connectivity index (χ3v) is 2.90. The maximum atomic E-state index is 11.7. The second-order valence-corrected chi connectivity index (χ2v) is 4.14. The Morgan fingerprint density at radius 3 is 2.73 bits per heavy atom. The molecule has 3 nitrogen and oxygen atoms in total. The molecular formula is C11H9NO2S. The molecule has 0 bridgehead atoms. The van der Waals surface area contributed by atoms with E-state index in [9.17, 15) is 4.21 Å². The molecule has 0 N–H and O–H groups in total. The topological polar surface area (TPSA) is 43.1 Å². The molecule has 0 aromatic carbocycles. The highest BCUT2D eigenvalue weighted by atomic mass is 32.2. The fraction of sp³-hybridized carbons (Fsp3) is 0. The van der Waals surface area contributed by atoms with Gasteiger partial charge in [0.15, 0.2) is 0 Å². The molecule has 0 fully saturated rings. The van der Waals surface area contributed by atoms with E-state index < -0.39 is 10.8 Å². The van der Waals surface area contributed by atoms with Gasteiger partial charge in [0, 0.05) is 22.7 Å². The molecular weight excluding hydrogens is 210 g/mol. The van der Waals surface area contributed by atoms with E-state index in [-0.39, 0.29) is 0 Å². The van der Waals surface area contributed by atoms with Crippen LogP contribution in [0, 0.1) is 0 Å². The highest BCUT2D eigenvalue weighted by molar-refractivity contribution is 7.88. The molecule has 0 saturated carbocycles. The summed E-state index contributed by atoms with van der Waals surface area (Å²) in [6.07, 6.45) is 6.51. The fourth-order valence-electron chi connectivity index (χ4n) is 1.07. The number of aromatic nitrogens is 1. The summed E-state index contributed by atoms with van der Waals surface area (Å²) in [7, 11) is -1.15. The van der Waals surface area contributed by atoms with Gasteiger partial charge in [-0.1, -0.05) is 0 Å². The van der Waals surface area contributed by atoms with Crippen LogP contribution in [0.5, 0.6) is 0 Å². The Labute approximate surface area is 89.9 Å². The average Bonchev–Trinajstić information content (AvgIpc) is 2.80. The third-order valence-electron chi connectivity index (χ3n) is 1.78. The van der Waals surface area contributed by atoms with E-state index in [1.54, 1.807) is 54.4 Å². The van der Waals surface area contributed by atoms with Gasteiger partial charge in [-0.05, 0) is 30.3 Å². The fourth-order valence-corrected chi connectivity index (χ4v) is 1.87. The minimum absolute atomic E-state index is 0.692. The van der Waals surface area contributed by atoms with Crippen LogP contribution in [-0.2, 0) is 10.8 Å². The SMILES string of the molecule is O=S(/C=C/c1ccco1)c1ccncc1. The van der Waals surface area contributed by atoms with Crippen LogP contribution < -0.4 is 0 Å². The van der Waals surface area contributed by atoms with Crippen LogP contribution in [0.1, 0.15) is 5.76 Å². The molecule has 0 spiro atoms. The summed E-state index contributed by atoms with van der Waals surface area (Å²) >= 11 is 0. The molecule has 1 unspecified atom stereocenters. The van der Waals surface area contributed by atoms with E-state index in [1.165, 1.54) is 0 Å². The number of nitrogens with zero attached hydrogens (tertiary/aromatic N) is 1. The first kappa shape index (κ1) is 9.86. The second-order valence-electron chi connectivity index (χ2n) is 2.80. The smallest absolute Gasteiger partial charge is 0.127 e. The third kappa shape index (κ3) is 2.63. The number of furan rings is 1. The molecule has 1 atom stereocenters. The number of pyridine rings is 1. The molecule has 0 radical (unpaired) electrons. The maximum Gasteiger partial charge on any atom is 0.127 e. The van der Waals surface area contributed by atoms with Gasteiger partial charge in [0.2, 0.25) is 0 Å². The van der Waals surface area contributed by atoms with Crippen molar-refractivity contribution >= 4 is 16.9 Å². The van der Waals surface area contributed by atoms with E-state index in [0.29, 0.717) is 5.76 Å². The van der Waals surface area contributed by atoms with Crippen LogP contribution in [0.4, 0.5) is 0 Å². The largest absolute Gasteiger partial charge is 0.465 e. The van der Waals surface area contributed by atoms with E-state index in [2.05, 4.69) is 4.98 Å². The summed E-state index contributed by atoms with van der Waals surface area (Å²) < 4.78 is 16.8. The molecule has 0 saturated heterocycles. The summed E-state index contributed by atoms with van der Waals surface area (Å²) in [6, 6.07) is 7.04. The van der Waals surface area contributed by atoms with E-state index >= 15 is 0 Å². The van der Waals surface area contributed by atoms with E-state index in [4.69, 9.17) is 4.42 Å². The molecule has 15 heavy (non-hydrogen) atoms. The first-order chi connectivity index (χ1) is 7.36. The molecule has 0 aliphatic rings. The lowest BCUT2D eigenvalue weighted by molar-refractivity contribution is 0.557. The van der Waals surface area contributed by atoms with Crippen molar-refractivity contribution in [1.29, 1.82) is 0 Å². The van der Waals surface area contributed by atoms with Crippen molar-refractivity contribution < 1.29 is 8.63 Å². The summed E-state index contributed by atoms with van der Waals surface area (Å²) in [6.45, 7) is 0. The van der Waals surface area contributed by atoms with Gasteiger partial charge in [0.1, 0.15) is 5.76 Å². The summed E-state index contributed by atoms with van der Waals surface area (Å²) in [5.74, 6) is 0.692. The van der Waals surface area contributed by atoms with Crippen LogP contribution >= 0.6 is 0 Å². The highest BCUT2D eigenvalue weighted by Crippen LogP contribution is 2.08. The Morgan fingerprint density at radius 2 is 2.07 bits per heavy atom. The number of rotatable bonds is 3. The Hall–Kier alpha value is -1.68. The van der Waals surface area contributed by atoms with Crippen molar-refractivity contribution in [3.63, 3.8) is 0 Å². The number of hydrogen-bond acceptors (Lipinski definition) is 3. The molecule has 2 rings (SSSR count). The molecule has 76 valence electrons. The Bertz CT molecular complexity index is 463. The van der Waals surface area contributed by atoms with Crippen LogP contribution in [0.15, 0.2) is 57.6 Å². The number of hydrogen-bond donors (Lipinski definition) is 0. The maximum absolute atomic E-state index is 11.7. The molecule has 0 aliphatic heterocycles. The molecule has 2 heterocycles. The molecule has 4 heteroatoms. The lowest BCUT2D eigenvalue weighted by atomic mass is 10.4. The minimum atomic E-state index is -1.15. The highest BCUT2D eigenvalue weighted by Gasteiger charge is 1.98. The van der Waals surface area contributed by atoms with Gasteiger partial charge in [0.25, 0.3) is 0 Å². The lowest BCUT2D eigenvalue weighted by Gasteiger charge is -1.93. The van der Waals surface area contributed by atoms with Crippen molar-refractivity contribution in [3.05, 3.63) is 54.1 Å². The first-order valence-corrected chi connectivity index (χ1v) is 5.60. The first-order valence-electron chi connectivity index (χ1n) is 4.38. The standard InChI is InChI=1S/C11H9NO2S/c13-15(11-3-6-12-7-4-11)9-5-10-2-1-8-14-10/h1-9H/b9-5+. The molecule has 0 aliphatic carbocycles. The quantitative estimate of drug-likeness (QED) is 0.796. The summed E-state index contributed by atoms with van der Waals surface area (Å²) in [5, 5.41) is 1.59. The van der Waals surface area contributed by atoms with Crippen LogP contribution in [0.2, 0.25) is 0 Å². The van der Waals surface area contributed by atoms with Crippen molar-refractivity contribution in [2.45, 2.75) is 4.90 Å². The summed E-state index contributed by atoms with van der Waals surface area (Å²) in [4.78, 5) is 4.59. The predicted octanol–water partition coefficient (Wildman–Crippen LogP) is 2.45. The normalized spacial score (nSPS) is 13.1. The Morgan fingerprint density at radius 1 is 1.27 bits per heavy atom.